The number of carbonyl (C=O) groups excluding carboxylic acids is 3. The van der Waals surface area contributed by atoms with E-state index in [4.69, 9.17) is 21.1 Å². The molecule has 10 nitrogen and oxygen atoms in total. The minimum atomic E-state index is -0.762. The summed E-state index contributed by atoms with van der Waals surface area (Å²) in [7, 11) is 1.53. The van der Waals surface area contributed by atoms with Gasteiger partial charge in [-0.1, -0.05) is 11.6 Å². The second-order valence-electron chi connectivity index (χ2n) is 8.02. The predicted molar refractivity (Wildman–Crippen MR) is 129 cm³/mol. The van der Waals surface area contributed by atoms with Crippen molar-refractivity contribution in [2.75, 3.05) is 26.8 Å². The number of halogens is 1. The SMILES string of the molecule is COc1ccc2c(c1)OCCNC(=O)[C@@H](NC(=O)c1cn3cc(Cl)ccc3n1)CCCCNC2=O. The Morgan fingerprint density at radius 1 is 1.17 bits per heavy atom. The van der Waals surface area contributed by atoms with Crippen LogP contribution in [0.2, 0.25) is 5.02 Å². The molecule has 4 rings (SSSR count). The molecule has 3 amide bonds. The van der Waals surface area contributed by atoms with Gasteiger partial charge in [-0.05, 0) is 43.5 Å². The average molecular weight is 500 g/mol. The van der Waals surface area contributed by atoms with Crippen LogP contribution in [0.1, 0.15) is 40.1 Å². The zero-order valence-electron chi connectivity index (χ0n) is 19.2. The van der Waals surface area contributed by atoms with E-state index in [0.29, 0.717) is 53.5 Å². The van der Waals surface area contributed by atoms with Gasteiger partial charge in [0, 0.05) is 25.0 Å². The van der Waals surface area contributed by atoms with Gasteiger partial charge in [-0.15, -0.1) is 0 Å². The zero-order valence-corrected chi connectivity index (χ0v) is 19.9. The molecule has 3 heterocycles. The largest absolute Gasteiger partial charge is 0.497 e. The Kier molecular flexibility index (Phi) is 7.71. The first-order valence-corrected chi connectivity index (χ1v) is 11.6. The Hall–Kier alpha value is -3.79. The number of nitrogens with zero attached hydrogens (tertiary/aromatic N) is 2. The standard InChI is InChI=1S/C24H26ClN5O5/c1-34-16-6-7-17-20(12-16)35-11-10-27-23(32)18(4-2-3-9-26-22(17)31)29-24(33)19-14-30-13-15(25)5-8-21(30)28-19/h5-8,12-14,18H,2-4,9-11H2,1H3,(H,26,31)(H,27,32)(H,29,33)/t18-/m0/s1. The molecule has 184 valence electrons. The molecule has 0 bridgehead atoms. The van der Waals surface area contributed by atoms with Crippen molar-refractivity contribution in [2.24, 2.45) is 0 Å². The van der Waals surface area contributed by atoms with Gasteiger partial charge in [-0.3, -0.25) is 14.4 Å². The highest BCUT2D eigenvalue weighted by Crippen LogP contribution is 2.25. The topological polar surface area (TPSA) is 123 Å². The van der Waals surface area contributed by atoms with Gasteiger partial charge in [-0.25, -0.2) is 4.98 Å². The first-order chi connectivity index (χ1) is 16.9. The summed E-state index contributed by atoms with van der Waals surface area (Å²) in [5.41, 5.74) is 1.15. The number of pyridine rings is 1. The van der Waals surface area contributed by atoms with Crippen molar-refractivity contribution >= 4 is 35.0 Å². The highest BCUT2D eigenvalue weighted by molar-refractivity contribution is 6.30. The Morgan fingerprint density at radius 2 is 2.03 bits per heavy atom. The van der Waals surface area contributed by atoms with Crippen molar-refractivity contribution in [3.05, 3.63) is 59.0 Å². The number of imidazole rings is 1. The molecule has 1 aliphatic heterocycles. The Morgan fingerprint density at radius 3 is 2.86 bits per heavy atom. The first kappa shape index (κ1) is 24.3. The fraction of sp³-hybridized carbons (Fsp3) is 0.333. The number of methoxy groups -OCH3 is 1. The van der Waals surface area contributed by atoms with Crippen LogP contribution in [-0.2, 0) is 4.79 Å². The van der Waals surface area contributed by atoms with Gasteiger partial charge in [0.2, 0.25) is 5.91 Å². The van der Waals surface area contributed by atoms with Crippen LogP contribution in [0.3, 0.4) is 0 Å². The summed E-state index contributed by atoms with van der Waals surface area (Å²) in [5.74, 6) is -0.110. The van der Waals surface area contributed by atoms with Gasteiger partial charge in [-0.2, -0.15) is 0 Å². The van der Waals surface area contributed by atoms with E-state index in [1.807, 2.05) is 0 Å². The number of ether oxygens (including phenoxy) is 2. The number of aromatic nitrogens is 2. The number of hydrogen-bond acceptors (Lipinski definition) is 6. The highest BCUT2D eigenvalue weighted by atomic mass is 35.5. The molecule has 11 heteroatoms. The molecular weight excluding hydrogens is 474 g/mol. The van der Waals surface area contributed by atoms with E-state index in [0.717, 1.165) is 0 Å². The van der Waals surface area contributed by atoms with Crippen LogP contribution in [0.15, 0.2) is 42.7 Å². The van der Waals surface area contributed by atoms with Crippen molar-refractivity contribution in [2.45, 2.75) is 25.3 Å². The van der Waals surface area contributed by atoms with Crippen LogP contribution in [-0.4, -0.2) is 60.0 Å². The number of fused-ring (bicyclic) bond motifs is 2. The van der Waals surface area contributed by atoms with Crippen LogP contribution < -0.4 is 25.4 Å². The molecule has 1 atom stereocenters. The summed E-state index contributed by atoms with van der Waals surface area (Å²) in [6.45, 7) is 0.739. The van der Waals surface area contributed by atoms with Gasteiger partial charge >= 0.3 is 0 Å². The molecule has 0 spiro atoms. The monoisotopic (exact) mass is 499 g/mol. The Bertz CT molecular complexity index is 1240. The van der Waals surface area contributed by atoms with Gasteiger partial charge in [0.25, 0.3) is 11.8 Å². The summed E-state index contributed by atoms with van der Waals surface area (Å²) in [6.07, 6.45) is 4.86. The maximum Gasteiger partial charge on any atom is 0.272 e. The lowest BCUT2D eigenvalue weighted by Gasteiger charge is -2.19. The minimum absolute atomic E-state index is 0.132. The highest BCUT2D eigenvalue weighted by Gasteiger charge is 2.23. The quantitative estimate of drug-likeness (QED) is 0.507. The Labute approximate surface area is 206 Å². The molecule has 3 aromatic rings. The molecule has 0 saturated carbocycles. The second-order valence-corrected chi connectivity index (χ2v) is 8.45. The fourth-order valence-electron chi connectivity index (χ4n) is 3.74. The number of benzene rings is 1. The van der Waals surface area contributed by atoms with E-state index in [1.54, 1.807) is 47.1 Å². The third kappa shape index (κ3) is 6.02. The first-order valence-electron chi connectivity index (χ1n) is 11.3. The predicted octanol–water partition coefficient (Wildman–Crippen LogP) is 2.20. The van der Waals surface area contributed by atoms with Crippen LogP contribution >= 0.6 is 11.6 Å². The molecule has 0 unspecified atom stereocenters. The number of amides is 3. The van der Waals surface area contributed by atoms with Crippen molar-refractivity contribution in [3.63, 3.8) is 0 Å². The normalized spacial score (nSPS) is 17.4. The molecule has 0 radical (unpaired) electrons. The van der Waals surface area contributed by atoms with Gasteiger partial charge in [0.15, 0.2) is 0 Å². The molecule has 0 saturated heterocycles. The third-order valence-corrected chi connectivity index (χ3v) is 5.79. The number of rotatable bonds is 3. The number of nitrogens with one attached hydrogen (secondary N) is 3. The average Bonchev–Trinajstić information content (AvgIpc) is 3.28. The molecule has 0 aliphatic carbocycles. The van der Waals surface area contributed by atoms with Gasteiger partial charge in [0.05, 0.1) is 24.2 Å². The zero-order chi connectivity index (χ0) is 24.8. The van der Waals surface area contributed by atoms with E-state index in [9.17, 15) is 14.4 Å². The van der Waals surface area contributed by atoms with E-state index >= 15 is 0 Å². The summed E-state index contributed by atoms with van der Waals surface area (Å²) >= 11 is 6.00. The third-order valence-electron chi connectivity index (χ3n) is 5.57. The summed E-state index contributed by atoms with van der Waals surface area (Å²) in [6, 6.07) is 7.60. The summed E-state index contributed by atoms with van der Waals surface area (Å²) in [5, 5.41) is 8.96. The van der Waals surface area contributed by atoms with Crippen molar-refractivity contribution < 1.29 is 23.9 Å². The van der Waals surface area contributed by atoms with Gasteiger partial charge in [0.1, 0.15) is 35.5 Å². The van der Waals surface area contributed by atoms with Crippen LogP contribution in [0.5, 0.6) is 11.5 Å². The lowest BCUT2D eigenvalue weighted by Crippen LogP contribution is -2.47. The molecule has 1 aliphatic rings. The Balaban J connectivity index is 1.44. The summed E-state index contributed by atoms with van der Waals surface area (Å²) in [4.78, 5) is 42.6. The molecule has 0 fully saturated rings. The van der Waals surface area contributed by atoms with E-state index in [2.05, 4.69) is 20.9 Å². The lowest BCUT2D eigenvalue weighted by atomic mass is 10.1. The van der Waals surface area contributed by atoms with Gasteiger partial charge < -0.3 is 29.8 Å². The number of hydrogen-bond donors (Lipinski definition) is 3. The minimum Gasteiger partial charge on any atom is -0.497 e. The van der Waals surface area contributed by atoms with E-state index in [-0.39, 0.29) is 30.7 Å². The van der Waals surface area contributed by atoms with Crippen LogP contribution in [0.25, 0.3) is 5.65 Å². The lowest BCUT2D eigenvalue weighted by molar-refractivity contribution is -0.123. The molecule has 3 N–H and O–H groups in total. The van der Waals surface area contributed by atoms with Crippen molar-refractivity contribution in [1.82, 2.24) is 25.3 Å². The smallest absolute Gasteiger partial charge is 0.272 e. The van der Waals surface area contributed by atoms with E-state index < -0.39 is 11.9 Å². The van der Waals surface area contributed by atoms with Crippen LogP contribution in [0, 0.1) is 0 Å². The summed E-state index contributed by atoms with van der Waals surface area (Å²) < 4.78 is 12.6. The second kappa shape index (κ2) is 11.1. The maximum atomic E-state index is 12.9. The molecule has 1 aromatic carbocycles. The number of carbonyl (C=O) groups is 3. The van der Waals surface area contributed by atoms with Crippen LogP contribution in [0.4, 0.5) is 0 Å². The fourth-order valence-corrected chi connectivity index (χ4v) is 3.91. The molecular formula is C24H26ClN5O5. The van der Waals surface area contributed by atoms with Crippen molar-refractivity contribution in [3.8, 4) is 11.5 Å². The van der Waals surface area contributed by atoms with E-state index in [1.165, 1.54) is 7.11 Å². The van der Waals surface area contributed by atoms with Crippen molar-refractivity contribution in [1.29, 1.82) is 0 Å². The molecule has 35 heavy (non-hydrogen) atoms. The molecule has 2 aromatic heterocycles. The maximum absolute atomic E-state index is 12.9.